The maximum atomic E-state index is 12.5. The monoisotopic (exact) mass is 288 g/mol. The lowest BCUT2D eigenvalue weighted by atomic mass is 9.91. The highest BCUT2D eigenvalue weighted by atomic mass is 16.5. The molecule has 2 aromatic carbocycles. The first kappa shape index (κ1) is 13.1. The molecule has 0 saturated heterocycles. The van der Waals surface area contributed by atoms with Crippen LogP contribution in [0.2, 0.25) is 0 Å². The lowest BCUT2D eigenvalue weighted by Crippen LogP contribution is -2.14. The molecular formula is C15H12O6. The molecule has 6 nitrogen and oxygen atoms in total. The number of benzene rings is 2. The van der Waals surface area contributed by atoms with Crippen LogP contribution in [0.3, 0.4) is 0 Å². The average Bonchev–Trinajstić information content (AvgIpc) is 2.85. The fraction of sp³-hybridized carbons (Fsp3) is 0.133. The molecule has 0 fully saturated rings. The average molecular weight is 288 g/mol. The Morgan fingerprint density at radius 2 is 1.76 bits per heavy atom. The molecule has 21 heavy (non-hydrogen) atoms. The van der Waals surface area contributed by atoms with Crippen molar-refractivity contribution in [3.8, 4) is 28.7 Å². The predicted molar refractivity (Wildman–Crippen MR) is 72.1 cm³/mol. The standard InChI is InChI=1S/C15H12O6/c16-8-4-12(19)14-9(6-21-13(14)5-8)15(20)7-1-2-10(17)11(18)3-7/h1-5,9,16-19H,6H2/t9-/m0/s1. The van der Waals surface area contributed by atoms with E-state index in [9.17, 15) is 25.2 Å². The van der Waals surface area contributed by atoms with E-state index in [4.69, 9.17) is 4.74 Å². The van der Waals surface area contributed by atoms with Gasteiger partial charge >= 0.3 is 0 Å². The van der Waals surface area contributed by atoms with E-state index in [2.05, 4.69) is 0 Å². The number of fused-ring (bicyclic) bond motifs is 1. The number of hydrogen-bond donors (Lipinski definition) is 4. The number of phenols is 4. The number of carbonyl (C=O) groups excluding carboxylic acids is 1. The summed E-state index contributed by atoms with van der Waals surface area (Å²) in [7, 11) is 0. The van der Waals surface area contributed by atoms with Crippen LogP contribution < -0.4 is 4.74 Å². The molecule has 3 rings (SSSR count). The van der Waals surface area contributed by atoms with E-state index in [0.29, 0.717) is 5.56 Å². The SMILES string of the molecule is O=C(c1ccc(O)c(O)c1)[C@H]1COc2cc(O)cc(O)c21. The Kier molecular flexibility index (Phi) is 2.86. The zero-order chi connectivity index (χ0) is 15.1. The first-order valence-corrected chi connectivity index (χ1v) is 6.22. The maximum Gasteiger partial charge on any atom is 0.174 e. The normalized spacial score (nSPS) is 16.3. The third kappa shape index (κ3) is 2.10. The van der Waals surface area contributed by atoms with Crippen LogP contribution in [-0.4, -0.2) is 32.8 Å². The van der Waals surface area contributed by atoms with E-state index in [1.54, 1.807) is 0 Å². The smallest absolute Gasteiger partial charge is 0.174 e. The van der Waals surface area contributed by atoms with Crippen molar-refractivity contribution in [2.24, 2.45) is 0 Å². The summed E-state index contributed by atoms with van der Waals surface area (Å²) in [5, 5.41) is 38.0. The van der Waals surface area contributed by atoms with Gasteiger partial charge < -0.3 is 25.2 Å². The largest absolute Gasteiger partial charge is 0.508 e. The van der Waals surface area contributed by atoms with Crippen LogP contribution in [0.25, 0.3) is 0 Å². The van der Waals surface area contributed by atoms with Crippen molar-refractivity contribution in [1.82, 2.24) is 0 Å². The second-order valence-corrected chi connectivity index (χ2v) is 4.81. The van der Waals surface area contributed by atoms with Crippen LogP contribution in [0.5, 0.6) is 28.7 Å². The summed E-state index contributed by atoms with van der Waals surface area (Å²) in [6, 6.07) is 6.23. The van der Waals surface area contributed by atoms with E-state index in [-0.39, 0.29) is 41.0 Å². The zero-order valence-electron chi connectivity index (χ0n) is 10.8. The van der Waals surface area contributed by atoms with Crippen LogP contribution in [0.4, 0.5) is 0 Å². The first-order chi connectivity index (χ1) is 9.97. The third-order valence-corrected chi connectivity index (χ3v) is 3.44. The van der Waals surface area contributed by atoms with E-state index in [0.717, 1.165) is 12.1 Å². The zero-order valence-corrected chi connectivity index (χ0v) is 10.8. The summed E-state index contributed by atoms with van der Waals surface area (Å²) >= 11 is 0. The van der Waals surface area contributed by atoms with Crippen molar-refractivity contribution < 1.29 is 30.0 Å². The lowest BCUT2D eigenvalue weighted by molar-refractivity contribution is 0.0946. The van der Waals surface area contributed by atoms with Gasteiger partial charge in [0.15, 0.2) is 17.3 Å². The summed E-state index contributed by atoms with van der Waals surface area (Å²) in [5.74, 6) is -1.91. The van der Waals surface area contributed by atoms with Gasteiger partial charge in [0, 0.05) is 17.7 Å². The first-order valence-electron chi connectivity index (χ1n) is 6.22. The van der Waals surface area contributed by atoms with Gasteiger partial charge in [-0.3, -0.25) is 4.79 Å². The highest BCUT2D eigenvalue weighted by Gasteiger charge is 2.34. The van der Waals surface area contributed by atoms with E-state index in [1.807, 2.05) is 0 Å². The Morgan fingerprint density at radius 3 is 2.48 bits per heavy atom. The van der Waals surface area contributed by atoms with Crippen molar-refractivity contribution in [2.45, 2.75) is 5.92 Å². The van der Waals surface area contributed by atoms with Gasteiger partial charge in [-0.1, -0.05) is 0 Å². The molecular weight excluding hydrogens is 276 g/mol. The second kappa shape index (κ2) is 4.59. The van der Waals surface area contributed by atoms with E-state index >= 15 is 0 Å². The number of ether oxygens (including phenoxy) is 1. The molecule has 2 aromatic rings. The van der Waals surface area contributed by atoms with Crippen molar-refractivity contribution in [2.75, 3.05) is 6.61 Å². The van der Waals surface area contributed by atoms with Gasteiger partial charge in [0.25, 0.3) is 0 Å². The minimum absolute atomic E-state index is 0.0345. The number of ketones is 1. The van der Waals surface area contributed by atoms with Crippen LogP contribution in [0, 0.1) is 0 Å². The Morgan fingerprint density at radius 1 is 1.00 bits per heavy atom. The number of rotatable bonds is 2. The molecule has 4 N–H and O–H groups in total. The Bertz CT molecular complexity index is 737. The van der Waals surface area contributed by atoms with Gasteiger partial charge in [-0.05, 0) is 18.2 Å². The minimum Gasteiger partial charge on any atom is -0.508 e. The predicted octanol–water partition coefficient (Wildman–Crippen LogP) is 1.87. The molecule has 0 radical (unpaired) electrons. The summed E-state index contributed by atoms with van der Waals surface area (Å²) < 4.78 is 5.32. The highest BCUT2D eigenvalue weighted by molar-refractivity contribution is 6.02. The van der Waals surface area contributed by atoms with Gasteiger partial charge in [0.2, 0.25) is 0 Å². The van der Waals surface area contributed by atoms with Crippen LogP contribution in [0.1, 0.15) is 21.8 Å². The Balaban J connectivity index is 2.00. The lowest BCUT2D eigenvalue weighted by Gasteiger charge is -2.10. The van der Waals surface area contributed by atoms with Crippen molar-refractivity contribution in [3.63, 3.8) is 0 Å². The molecule has 0 unspecified atom stereocenters. The van der Waals surface area contributed by atoms with Crippen LogP contribution in [0.15, 0.2) is 30.3 Å². The summed E-state index contributed by atoms with van der Waals surface area (Å²) in [4.78, 5) is 12.5. The molecule has 0 amide bonds. The number of hydrogen-bond acceptors (Lipinski definition) is 6. The molecule has 6 heteroatoms. The molecule has 108 valence electrons. The Labute approximate surface area is 119 Å². The van der Waals surface area contributed by atoms with Gasteiger partial charge in [-0.2, -0.15) is 0 Å². The molecule has 1 aliphatic rings. The number of phenolic OH excluding ortho intramolecular Hbond substituents is 4. The summed E-state index contributed by atoms with van der Waals surface area (Å²) in [6.45, 7) is 0.0345. The van der Waals surface area contributed by atoms with Gasteiger partial charge in [0.05, 0.1) is 11.5 Å². The molecule has 0 aliphatic carbocycles. The summed E-state index contributed by atoms with van der Waals surface area (Å²) in [6.07, 6.45) is 0. The maximum absolute atomic E-state index is 12.5. The molecule has 0 aromatic heterocycles. The topological polar surface area (TPSA) is 107 Å². The highest BCUT2D eigenvalue weighted by Crippen LogP contribution is 2.44. The van der Waals surface area contributed by atoms with Gasteiger partial charge in [-0.15, -0.1) is 0 Å². The van der Waals surface area contributed by atoms with Crippen molar-refractivity contribution >= 4 is 5.78 Å². The summed E-state index contributed by atoms with van der Waals surface area (Å²) in [5.41, 5.74) is 0.504. The molecule has 1 heterocycles. The number of aromatic hydroxyl groups is 4. The molecule has 0 saturated carbocycles. The van der Waals surface area contributed by atoms with Crippen LogP contribution >= 0.6 is 0 Å². The van der Waals surface area contributed by atoms with Crippen molar-refractivity contribution in [1.29, 1.82) is 0 Å². The van der Waals surface area contributed by atoms with Crippen LogP contribution in [-0.2, 0) is 0 Å². The Hall–Kier alpha value is -2.89. The fourth-order valence-corrected chi connectivity index (χ4v) is 2.41. The molecule has 1 atom stereocenters. The van der Waals surface area contributed by atoms with Crippen molar-refractivity contribution in [3.05, 3.63) is 41.5 Å². The molecule has 0 spiro atoms. The fourth-order valence-electron chi connectivity index (χ4n) is 2.41. The van der Waals surface area contributed by atoms with Gasteiger partial charge in [0.1, 0.15) is 23.9 Å². The second-order valence-electron chi connectivity index (χ2n) is 4.81. The number of carbonyl (C=O) groups is 1. The molecule has 1 aliphatic heterocycles. The number of Topliss-reactive ketones (excluding diaryl/α,β-unsaturated/α-hetero) is 1. The van der Waals surface area contributed by atoms with E-state index < -0.39 is 11.7 Å². The molecule has 0 bridgehead atoms. The quantitative estimate of drug-likeness (QED) is 0.496. The van der Waals surface area contributed by atoms with Gasteiger partial charge in [-0.25, -0.2) is 0 Å². The van der Waals surface area contributed by atoms with E-state index in [1.165, 1.54) is 18.2 Å². The minimum atomic E-state index is -0.732. The third-order valence-electron chi connectivity index (χ3n) is 3.44.